The molecule has 0 fully saturated rings. The number of carbonyl (C=O) groups excluding carboxylic acids is 2. The second-order valence-corrected chi connectivity index (χ2v) is 5.19. The Hall–Kier alpha value is -2.94. The summed E-state index contributed by atoms with van der Waals surface area (Å²) in [4.78, 5) is 27.6. The Morgan fingerprint density at radius 1 is 0.773 bits per heavy atom. The molecule has 3 aromatic rings. The Bertz CT molecular complexity index is 814. The van der Waals surface area contributed by atoms with Crippen LogP contribution in [0.5, 0.6) is 0 Å². The molecule has 3 nitrogen and oxygen atoms in total. The highest BCUT2D eigenvalue weighted by atomic mass is 16.1. The van der Waals surface area contributed by atoms with E-state index in [4.69, 9.17) is 0 Å². The van der Waals surface area contributed by atoms with Crippen molar-refractivity contribution in [2.75, 3.05) is 0 Å². The van der Waals surface area contributed by atoms with Gasteiger partial charge in [0.1, 0.15) is 0 Å². The molecule has 1 N–H and O–H groups in total. The molecule has 3 rings (SSSR count). The molecule has 0 spiro atoms. The van der Waals surface area contributed by atoms with Crippen molar-refractivity contribution >= 4 is 11.6 Å². The normalized spacial score (nSPS) is 10.4. The molecule has 22 heavy (non-hydrogen) atoms. The van der Waals surface area contributed by atoms with Gasteiger partial charge >= 0.3 is 0 Å². The molecule has 0 radical (unpaired) electrons. The molecule has 0 atom stereocenters. The quantitative estimate of drug-likeness (QED) is 0.743. The maximum Gasteiger partial charge on any atom is 0.209 e. The van der Waals surface area contributed by atoms with Gasteiger partial charge in [0.05, 0.1) is 5.69 Å². The first-order valence-corrected chi connectivity index (χ1v) is 7.04. The van der Waals surface area contributed by atoms with Crippen molar-refractivity contribution < 1.29 is 9.59 Å². The standard InChI is InChI=1S/C19H15NO2/c1-13-7-9-15(10-8-13)18(21)16-11-17(20-12-16)19(22)14-5-3-2-4-6-14/h2-12,20H,1H3. The minimum Gasteiger partial charge on any atom is -0.358 e. The maximum atomic E-state index is 12.4. The number of hydrogen-bond donors (Lipinski definition) is 1. The minimum absolute atomic E-state index is 0.0941. The average molecular weight is 289 g/mol. The van der Waals surface area contributed by atoms with Crippen molar-refractivity contribution in [3.8, 4) is 0 Å². The predicted octanol–water partition coefficient (Wildman–Crippen LogP) is 3.79. The van der Waals surface area contributed by atoms with Gasteiger partial charge in [-0.2, -0.15) is 0 Å². The van der Waals surface area contributed by atoms with Crippen molar-refractivity contribution in [2.24, 2.45) is 0 Å². The Kier molecular flexibility index (Phi) is 3.71. The smallest absolute Gasteiger partial charge is 0.209 e. The second kappa shape index (κ2) is 5.82. The summed E-state index contributed by atoms with van der Waals surface area (Å²) in [6.07, 6.45) is 1.58. The molecule has 0 saturated heterocycles. The fourth-order valence-electron chi connectivity index (χ4n) is 2.27. The summed E-state index contributed by atoms with van der Waals surface area (Å²) in [7, 11) is 0. The van der Waals surface area contributed by atoms with Crippen molar-refractivity contribution in [3.05, 3.63) is 94.8 Å². The van der Waals surface area contributed by atoms with E-state index in [1.165, 1.54) is 0 Å². The molecule has 0 unspecified atom stereocenters. The number of carbonyl (C=O) groups is 2. The molecule has 0 bridgehead atoms. The van der Waals surface area contributed by atoms with Gasteiger partial charge in [-0.15, -0.1) is 0 Å². The number of ketones is 2. The van der Waals surface area contributed by atoms with E-state index in [0.717, 1.165) is 5.56 Å². The first kappa shape index (κ1) is 14.0. The Morgan fingerprint density at radius 3 is 2.09 bits per heavy atom. The highest BCUT2D eigenvalue weighted by molar-refractivity contribution is 6.12. The zero-order valence-corrected chi connectivity index (χ0v) is 12.2. The van der Waals surface area contributed by atoms with E-state index < -0.39 is 0 Å². The van der Waals surface area contributed by atoms with Crippen molar-refractivity contribution in [1.29, 1.82) is 0 Å². The lowest BCUT2D eigenvalue weighted by Gasteiger charge is -1.99. The number of rotatable bonds is 4. The maximum absolute atomic E-state index is 12.4. The summed E-state index contributed by atoms with van der Waals surface area (Å²) >= 11 is 0. The molecule has 0 saturated carbocycles. The molecule has 0 aliphatic carbocycles. The summed E-state index contributed by atoms with van der Waals surface area (Å²) < 4.78 is 0. The van der Waals surface area contributed by atoms with E-state index in [1.807, 2.05) is 37.3 Å². The number of benzene rings is 2. The summed E-state index contributed by atoms with van der Waals surface area (Å²) in [5, 5.41) is 0. The van der Waals surface area contributed by atoms with Crippen LogP contribution >= 0.6 is 0 Å². The molecule has 0 aliphatic rings. The Balaban J connectivity index is 1.86. The van der Waals surface area contributed by atoms with Crippen LogP contribution in [-0.2, 0) is 0 Å². The third-order valence-corrected chi connectivity index (χ3v) is 3.54. The van der Waals surface area contributed by atoms with Gasteiger partial charge in [-0.1, -0.05) is 60.2 Å². The van der Waals surface area contributed by atoms with Gasteiger partial charge < -0.3 is 4.98 Å². The van der Waals surface area contributed by atoms with Crippen LogP contribution in [0.2, 0.25) is 0 Å². The van der Waals surface area contributed by atoms with Gasteiger partial charge in [0.25, 0.3) is 0 Å². The zero-order valence-electron chi connectivity index (χ0n) is 12.2. The Morgan fingerprint density at radius 2 is 1.41 bits per heavy atom. The molecule has 0 aliphatic heterocycles. The molecule has 0 amide bonds. The lowest BCUT2D eigenvalue weighted by Crippen LogP contribution is -2.02. The van der Waals surface area contributed by atoms with Crippen LogP contribution in [0.15, 0.2) is 66.9 Å². The number of aryl methyl sites for hydroxylation is 1. The van der Waals surface area contributed by atoms with Crippen LogP contribution in [0.1, 0.15) is 37.5 Å². The fourth-order valence-corrected chi connectivity index (χ4v) is 2.27. The van der Waals surface area contributed by atoms with Crippen LogP contribution < -0.4 is 0 Å². The highest BCUT2D eigenvalue weighted by Gasteiger charge is 2.15. The SMILES string of the molecule is Cc1ccc(C(=O)c2c[nH]c(C(=O)c3ccccc3)c2)cc1. The third-order valence-electron chi connectivity index (χ3n) is 3.54. The van der Waals surface area contributed by atoms with Gasteiger partial charge in [-0.25, -0.2) is 0 Å². The van der Waals surface area contributed by atoms with Crippen LogP contribution in [0.4, 0.5) is 0 Å². The highest BCUT2D eigenvalue weighted by Crippen LogP contribution is 2.15. The molecule has 3 heteroatoms. The van der Waals surface area contributed by atoms with E-state index >= 15 is 0 Å². The first-order valence-electron chi connectivity index (χ1n) is 7.04. The minimum atomic E-state index is -0.122. The zero-order chi connectivity index (χ0) is 15.5. The number of hydrogen-bond acceptors (Lipinski definition) is 2. The van der Waals surface area contributed by atoms with Gasteiger partial charge in [-0.05, 0) is 13.0 Å². The van der Waals surface area contributed by atoms with E-state index in [2.05, 4.69) is 4.98 Å². The number of aromatic nitrogens is 1. The summed E-state index contributed by atoms with van der Waals surface area (Å²) in [5.74, 6) is -0.216. The lowest BCUT2D eigenvalue weighted by molar-refractivity contribution is 0.103. The van der Waals surface area contributed by atoms with E-state index in [0.29, 0.717) is 22.4 Å². The first-order chi connectivity index (χ1) is 10.6. The monoisotopic (exact) mass is 289 g/mol. The topological polar surface area (TPSA) is 49.9 Å². The van der Waals surface area contributed by atoms with Gasteiger partial charge in [0.2, 0.25) is 5.78 Å². The molecule has 2 aromatic carbocycles. The van der Waals surface area contributed by atoms with Gasteiger partial charge in [-0.3, -0.25) is 9.59 Å². The molecule has 1 heterocycles. The number of H-pyrrole nitrogens is 1. The van der Waals surface area contributed by atoms with Crippen LogP contribution in [0, 0.1) is 6.92 Å². The fraction of sp³-hybridized carbons (Fsp3) is 0.0526. The van der Waals surface area contributed by atoms with E-state index in [9.17, 15) is 9.59 Å². The summed E-state index contributed by atoms with van der Waals surface area (Å²) in [5.41, 5.74) is 3.22. The van der Waals surface area contributed by atoms with Gasteiger partial charge in [0.15, 0.2) is 5.78 Å². The summed E-state index contributed by atoms with van der Waals surface area (Å²) in [6, 6.07) is 18.0. The second-order valence-electron chi connectivity index (χ2n) is 5.19. The van der Waals surface area contributed by atoms with E-state index in [-0.39, 0.29) is 11.6 Å². The average Bonchev–Trinajstić information content (AvgIpc) is 3.05. The molecule has 108 valence electrons. The molecular formula is C19H15NO2. The lowest BCUT2D eigenvalue weighted by atomic mass is 10.0. The third kappa shape index (κ3) is 2.74. The van der Waals surface area contributed by atoms with Gasteiger partial charge in [0, 0.05) is 22.9 Å². The summed E-state index contributed by atoms with van der Waals surface area (Å²) in [6.45, 7) is 1.97. The van der Waals surface area contributed by atoms with Crippen LogP contribution in [0.3, 0.4) is 0 Å². The number of nitrogens with one attached hydrogen (secondary N) is 1. The van der Waals surface area contributed by atoms with Crippen molar-refractivity contribution in [3.63, 3.8) is 0 Å². The van der Waals surface area contributed by atoms with Crippen LogP contribution in [-0.4, -0.2) is 16.6 Å². The molecule has 1 aromatic heterocycles. The predicted molar refractivity (Wildman–Crippen MR) is 85.3 cm³/mol. The van der Waals surface area contributed by atoms with E-state index in [1.54, 1.807) is 36.5 Å². The van der Waals surface area contributed by atoms with Crippen molar-refractivity contribution in [1.82, 2.24) is 4.98 Å². The molecular weight excluding hydrogens is 274 g/mol. The van der Waals surface area contributed by atoms with Crippen LogP contribution in [0.25, 0.3) is 0 Å². The largest absolute Gasteiger partial charge is 0.358 e. The Labute approximate surface area is 128 Å². The number of aromatic amines is 1. The van der Waals surface area contributed by atoms with Crippen molar-refractivity contribution in [2.45, 2.75) is 6.92 Å².